The molecule has 106 valence electrons. The zero-order valence-corrected chi connectivity index (χ0v) is 11.2. The predicted molar refractivity (Wildman–Crippen MR) is 69.2 cm³/mol. The molecule has 6 nitrogen and oxygen atoms in total. The molecular formula is C14H14O6. The summed E-state index contributed by atoms with van der Waals surface area (Å²) in [7, 11) is 1.22. The van der Waals surface area contributed by atoms with Gasteiger partial charge in [-0.05, 0) is 19.1 Å². The average molecular weight is 278 g/mol. The Kier molecular flexibility index (Phi) is 5.46. The van der Waals surface area contributed by atoms with E-state index in [9.17, 15) is 14.4 Å². The zero-order valence-electron chi connectivity index (χ0n) is 11.2. The first-order valence-corrected chi connectivity index (χ1v) is 5.66. The van der Waals surface area contributed by atoms with Crippen LogP contribution in [0, 0.1) is 0 Å². The van der Waals surface area contributed by atoms with Crippen molar-refractivity contribution in [3.63, 3.8) is 0 Å². The molecule has 0 aliphatic carbocycles. The van der Waals surface area contributed by atoms with E-state index in [-0.39, 0.29) is 16.9 Å². The van der Waals surface area contributed by atoms with Crippen molar-refractivity contribution in [3.05, 3.63) is 42.0 Å². The number of esters is 3. The number of carbonyl (C=O) groups is 3. The van der Waals surface area contributed by atoms with Crippen LogP contribution in [0.1, 0.15) is 17.3 Å². The van der Waals surface area contributed by atoms with Gasteiger partial charge in [0.15, 0.2) is 6.61 Å². The third kappa shape index (κ3) is 4.24. The van der Waals surface area contributed by atoms with Crippen molar-refractivity contribution in [3.8, 4) is 5.75 Å². The van der Waals surface area contributed by atoms with E-state index in [4.69, 9.17) is 4.74 Å². The van der Waals surface area contributed by atoms with Gasteiger partial charge in [-0.25, -0.2) is 14.4 Å². The molecule has 0 radical (unpaired) electrons. The molecule has 0 saturated heterocycles. The second-order valence-electron chi connectivity index (χ2n) is 3.82. The smallest absolute Gasteiger partial charge is 0.349 e. The zero-order chi connectivity index (χ0) is 15.1. The highest BCUT2D eigenvalue weighted by molar-refractivity contribution is 5.93. The highest BCUT2D eigenvalue weighted by Gasteiger charge is 2.16. The minimum atomic E-state index is -0.809. The van der Waals surface area contributed by atoms with E-state index in [1.165, 1.54) is 26.2 Å². The van der Waals surface area contributed by atoms with Crippen LogP contribution in [0.25, 0.3) is 0 Å². The summed E-state index contributed by atoms with van der Waals surface area (Å²) in [5, 5.41) is 0. The van der Waals surface area contributed by atoms with Gasteiger partial charge in [-0.15, -0.1) is 0 Å². The van der Waals surface area contributed by atoms with Gasteiger partial charge in [0.05, 0.1) is 7.11 Å². The molecule has 0 saturated carbocycles. The summed E-state index contributed by atoms with van der Waals surface area (Å²) in [6, 6.07) is 6.08. The summed E-state index contributed by atoms with van der Waals surface area (Å²) in [6.45, 7) is 4.27. The fourth-order valence-corrected chi connectivity index (χ4v) is 1.23. The summed E-state index contributed by atoms with van der Waals surface area (Å²) in [6.07, 6.45) is 0. The molecule has 0 spiro atoms. The van der Waals surface area contributed by atoms with E-state index in [0.29, 0.717) is 0 Å². The highest BCUT2D eigenvalue weighted by Crippen LogP contribution is 2.18. The molecule has 0 amide bonds. The van der Waals surface area contributed by atoms with Crippen molar-refractivity contribution < 1.29 is 28.6 Å². The minimum absolute atomic E-state index is 0.0377. The Morgan fingerprint density at radius 1 is 1.20 bits per heavy atom. The Morgan fingerprint density at radius 3 is 2.45 bits per heavy atom. The summed E-state index contributed by atoms with van der Waals surface area (Å²) < 4.78 is 14.1. The minimum Gasteiger partial charge on any atom is -0.465 e. The van der Waals surface area contributed by atoms with Crippen molar-refractivity contribution >= 4 is 17.9 Å². The first kappa shape index (κ1) is 15.4. The van der Waals surface area contributed by atoms with Gasteiger partial charge in [-0.2, -0.15) is 0 Å². The second kappa shape index (κ2) is 7.08. The number of para-hydroxylation sites is 1. The Labute approximate surface area is 115 Å². The quantitative estimate of drug-likeness (QED) is 0.461. The largest absolute Gasteiger partial charge is 0.465 e. The van der Waals surface area contributed by atoms with E-state index in [1.54, 1.807) is 12.1 Å². The third-order valence-corrected chi connectivity index (χ3v) is 2.19. The van der Waals surface area contributed by atoms with Crippen molar-refractivity contribution in [2.24, 2.45) is 0 Å². The van der Waals surface area contributed by atoms with Gasteiger partial charge in [-0.1, -0.05) is 18.7 Å². The molecule has 0 aromatic heterocycles. The monoisotopic (exact) mass is 278 g/mol. The molecule has 0 aliphatic heterocycles. The summed E-state index contributed by atoms with van der Waals surface area (Å²) in [5.41, 5.74) is 0.280. The molecule has 0 fully saturated rings. The van der Waals surface area contributed by atoms with Crippen LogP contribution in [0.15, 0.2) is 36.4 Å². The van der Waals surface area contributed by atoms with Crippen molar-refractivity contribution in [1.29, 1.82) is 0 Å². The third-order valence-electron chi connectivity index (χ3n) is 2.19. The Balaban J connectivity index is 2.69. The first-order chi connectivity index (χ1) is 9.45. The molecule has 0 unspecified atom stereocenters. The molecule has 0 heterocycles. The Bertz CT molecular complexity index is 546. The van der Waals surface area contributed by atoms with Crippen LogP contribution >= 0.6 is 0 Å². The lowest BCUT2D eigenvalue weighted by Crippen LogP contribution is -2.20. The lowest BCUT2D eigenvalue weighted by molar-refractivity contribution is -0.150. The van der Waals surface area contributed by atoms with E-state index in [2.05, 4.69) is 16.1 Å². The molecular weight excluding hydrogens is 264 g/mol. The van der Waals surface area contributed by atoms with Gasteiger partial charge in [0.25, 0.3) is 0 Å². The molecule has 0 bridgehead atoms. The number of rotatable bonds is 5. The average Bonchev–Trinajstić information content (AvgIpc) is 2.44. The van der Waals surface area contributed by atoms with Crippen LogP contribution in [0.5, 0.6) is 5.75 Å². The molecule has 20 heavy (non-hydrogen) atoms. The van der Waals surface area contributed by atoms with Crippen molar-refractivity contribution in [2.45, 2.75) is 6.92 Å². The Morgan fingerprint density at radius 2 is 1.85 bits per heavy atom. The van der Waals surface area contributed by atoms with Crippen LogP contribution in [0.2, 0.25) is 0 Å². The van der Waals surface area contributed by atoms with Gasteiger partial charge in [0.2, 0.25) is 0 Å². The van der Waals surface area contributed by atoms with Gasteiger partial charge in [0.1, 0.15) is 11.3 Å². The first-order valence-electron chi connectivity index (χ1n) is 5.66. The van der Waals surface area contributed by atoms with Crippen LogP contribution in [-0.2, 0) is 19.1 Å². The maximum atomic E-state index is 11.5. The molecule has 6 heteroatoms. The van der Waals surface area contributed by atoms with Crippen molar-refractivity contribution in [1.82, 2.24) is 0 Å². The summed E-state index contributed by atoms with van der Waals surface area (Å²) >= 11 is 0. The molecule has 0 N–H and O–H groups in total. The number of benzene rings is 1. The van der Waals surface area contributed by atoms with Crippen LogP contribution in [0.3, 0.4) is 0 Å². The van der Waals surface area contributed by atoms with E-state index in [0.717, 1.165) is 0 Å². The molecule has 1 aromatic carbocycles. The number of hydrogen-bond acceptors (Lipinski definition) is 6. The maximum Gasteiger partial charge on any atom is 0.349 e. The van der Waals surface area contributed by atoms with E-state index in [1.807, 2.05) is 0 Å². The SMILES string of the molecule is C=C(C)C(=O)OCC(=O)Oc1ccccc1C(=O)OC. The second-order valence-corrected chi connectivity index (χ2v) is 3.82. The highest BCUT2D eigenvalue weighted by atomic mass is 16.6. The standard InChI is InChI=1S/C14H14O6/c1-9(2)13(16)19-8-12(15)20-11-7-5-4-6-10(11)14(17)18-3/h4-7H,1,8H2,2-3H3. The lowest BCUT2D eigenvalue weighted by Gasteiger charge is -2.08. The van der Waals surface area contributed by atoms with Gasteiger partial charge in [0, 0.05) is 5.57 Å². The number of hydrogen-bond donors (Lipinski definition) is 0. The van der Waals surface area contributed by atoms with Crippen LogP contribution in [-0.4, -0.2) is 31.6 Å². The maximum absolute atomic E-state index is 11.5. The molecule has 1 rings (SSSR count). The topological polar surface area (TPSA) is 78.9 Å². The van der Waals surface area contributed by atoms with E-state index < -0.39 is 24.5 Å². The number of carbonyl (C=O) groups excluding carboxylic acids is 3. The molecule has 0 atom stereocenters. The van der Waals surface area contributed by atoms with E-state index >= 15 is 0 Å². The van der Waals surface area contributed by atoms with Crippen LogP contribution < -0.4 is 4.74 Å². The Hall–Kier alpha value is -2.63. The number of ether oxygens (including phenoxy) is 3. The predicted octanol–water partition coefficient (Wildman–Crippen LogP) is 1.50. The lowest BCUT2D eigenvalue weighted by atomic mass is 10.2. The summed E-state index contributed by atoms with van der Waals surface area (Å²) in [4.78, 5) is 34.1. The number of methoxy groups -OCH3 is 1. The normalized spacial score (nSPS) is 9.50. The van der Waals surface area contributed by atoms with Crippen LogP contribution in [0.4, 0.5) is 0 Å². The summed E-state index contributed by atoms with van der Waals surface area (Å²) in [5.74, 6) is -2.10. The fraction of sp³-hybridized carbons (Fsp3) is 0.214. The van der Waals surface area contributed by atoms with Gasteiger partial charge < -0.3 is 14.2 Å². The van der Waals surface area contributed by atoms with Gasteiger partial charge in [-0.3, -0.25) is 0 Å². The molecule has 0 aliphatic rings. The molecule has 1 aromatic rings. The van der Waals surface area contributed by atoms with Gasteiger partial charge >= 0.3 is 17.9 Å². The fourth-order valence-electron chi connectivity index (χ4n) is 1.23. The van der Waals surface area contributed by atoms with Crippen molar-refractivity contribution in [2.75, 3.05) is 13.7 Å².